The molecule has 0 saturated heterocycles. The predicted octanol–water partition coefficient (Wildman–Crippen LogP) is 2.94. The van der Waals surface area contributed by atoms with Crippen LogP contribution >= 0.6 is 15.9 Å². The molecule has 0 unspecified atom stereocenters. The third-order valence-corrected chi connectivity index (χ3v) is 4.01. The number of aromatic carboxylic acids is 1. The maximum Gasteiger partial charge on any atom is 0.342 e. The number of fused-ring (bicyclic) bond motifs is 1. The second-order valence-corrected chi connectivity index (χ2v) is 5.31. The van der Waals surface area contributed by atoms with Gasteiger partial charge in [-0.2, -0.15) is 0 Å². The standard InChI is InChI=1S/C13H9BrFNO3/c14-12-10(13(18)19)11(17)8-5-6(15)1-4-9(8)16(12)7-2-3-7/h1,4-5,7H,2-3H2,(H,18,19). The Labute approximate surface area is 115 Å². The van der Waals surface area contributed by atoms with Crippen molar-refractivity contribution in [3.05, 3.63) is 44.4 Å². The van der Waals surface area contributed by atoms with Crippen LogP contribution in [0.25, 0.3) is 10.9 Å². The number of carboxylic acid groups (broad SMARTS) is 1. The molecule has 0 aliphatic heterocycles. The molecular formula is C13H9BrFNO3. The van der Waals surface area contributed by atoms with E-state index in [0.717, 1.165) is 18.9 Å². The summed E-state index contributed by atoms with van der Waals surface area (Å²) < 4.78 is 15.3. The van der Waals surface area contributed by atoms with Gasteiger partial charge in [0.2, 0.25) is 5.43 Å². The summed E-state index contributed by atoms with van der Waals surface area (Å²) in [5.74, 6) is -1.86. The van der Waals surface area contributed by atoms with Crippen molar-refractivity contribution >= 4 is 32.8 Å². The quantitative estimate of drug-likeness (QED) is 0.863. The van der Waals surface area contributed by atoms with Gasteiger partial charge in [0.1, 0.15) is 16.0 Å². The van der Waals surface area contributed by atoms with E-state index in [1.807, 2.05) is 0 Å². The van der Waals surface area contributed by atoms with Gasteiger partial charge < -0.3 is 9.67 Å². The van der Waals surface area contributed by atoms with Gasteiger partial charge in [-0.1, -0.05) is 0 Å². The van der Waals surface area contributed by atoms with E-state index in [-0.39, 0.29) is 21.6 Å². The molecule has 6 heteroatoms. The van der Waals surface area contributed by atoms with Gasteiger partial charge in [-0.25, -0.2) is 9.18 Å². The second kappa shape index (κ2) is 4.16. The molecule has 3 rings (SSSR count). The van der Waals surface area contributed by atoms with Crippen molar-refractivity contribution in [2.75, 3.05) is 0 Å². The summed E-state index contributed by atoms with van der Waals surface area (Å²) in [7, 11) is 0. The number of nitrogens with zero attached hydrogens (tertiary/aromatic N) is 1. The van der Waals surface area contributed by atoms with E-state index in [1.165, 1.54) is 12.1 Å². The second-order valence-electron chi connectivity index (χ2n) is 4.56. The Balaban J connectivity index is 2.51. The Morgan fingerprint density at radius 1 is 1.42 bits per heavy atom. The molecule has 0 amide bonds. The lowest BCUT2D eigenvalue weighted by Crippen LogP contribution is -2.20. The van der Waals surface area contributed by atoms with E-state index in [2.05, 4.69) is 15.9 Å². The van der Waals surface area contributed by atoms with Crippen LogP contribution in [0.15, 0.2) is 27.6 Å². The number of carboxylic acids is 1. The van der Waals surface area contributed by atoms with Crippen molar-refractivity contribution in [3.8, 4) is 0 Å². The van der Waals surface area contributed by atoms with E-state index in [1.54, 1.807) is 4.57 Å². The third-order valence-electron chi connectivity index (χ3n) is 3.23. The van der Waals surface area contributed by atoms with Crippen molar-refractivity contribution in [1.82, 2.24) is 4.57 Å². The number of aromatic nitrogens is 1. The summed E-state index contributed by atoms with van der Waals surface area (Å²) in [6.07, 6.45) is 1.85. The molecule has 19 heavy (non-hydrogen) atoms. The summed E-state index contributed by atoms with van der Waals surface area (Å²) >= 11 is 3.20. The SMILES string of the molecule is O=C(O)c1c(Br)n(C2CC2)c2ccc(F)cc2c1=O. The van der Waals surface area contributed by atoms with Crippen molar-refractivity contribution in [2.45, 2.75) is 18.9 Å². The van der Waals surface area contributed by atoms with Crippen LogP contribution in [0.5, 0.6) is 0 Å². The van der Waals surface area contributed by atoms with Crippen LogP contribution in [0.4, 0.5) is 4.39 Å². The first kappa shape index (κ1) is 12.3. The van der Waals surface area contributed by atoms with Gasteiger partial charge in [-0.05, 0) is 47.0 Å². The number of benzene rings is 1. The van der Waals surface area contributed by atoms with Crippen LogP contribution < -0.4 is 5.43 Å². The molecule has 1 heterocycles. The zero-order valence-corrected chi connectivity index (χ0v) is 11.3. The average molecular weight is 326 g/mol. The first-order chi connectivity index (χ1) is 9.00. The monoisotopic (exact) mass is 325 g/mol. The molecule has 1 fully saturated rings. The summed E-state index contributed by atoms with van der Waals surface area (Å²) in [5, 5.41) is 9.27. The minimum absolute atomic E-state index is 0.104. The Kier molecular flexibility index (Phi) is 2.70. The van der Waals surface area contributed by atoms with E-state index in [4.69, 9.17) is 5.11 Å². The largest absolute Gasteiger partial charge is 0.477 e. The van der Waals surface area contributed by atoms with E-state index in [0.29, 0.717) is 5.52 Å². The number of carbonyl (C=O) groups is 1. The highest BCUT2D eigenvalue weighted by Crippen LogP contribution is 2.40. The molecule has 1 aliphatic carbocycles. The number of rotatable bonds is 2. The van der Waals surface area contributed by atoms with Crippen molar-refractivity contribution < 1.29 is 14.3 Å². The molecule has 2 aromatic rings. The van der Waals surface area contributed by atoms with Crippen molar-refractivity contribution in [3.63, 3.8) is 0 Å². The van der Waals surface area contributed by atoms with Crippen LogP contribution in [-0.4, -0.2) is 15.6 Å². The van der Waals surface area contributed by atoms with Gasteiger partial charge in [-0.15, -0.1) is 0 Å². The number of hydrogen-bond acceptors (Lipinski definition) is 2. The molecule has 1 N–H and O–H groups in total. The number of pyridine rings is 1. The molecule has 0 spiro atoms. The minimum atomic E-state index is -1.31. The summed E-state index contributed by atoms with van der Waals surface area (Å²) in [6, 6.07) is 4.05. The molecule has 0 atom stereocenters. The predicted molar refractivity (Wildman–Crippen MR) is 71.1 cm³/mol. The van der Waals surface area contributed by atoms with Gasteiger partial charge in [0, 0.05) is 11.4 Å². The molecular weight excluding hydrogens is 317 g/mol. The smallest absolute Gasteiger partial charge is 0.342 e. The molecule has 1 aliphatic rings. The molecule has 1 saturated carbocycles. The molecule has 0 radical (unpaired) electrons. The number of hydrogen-bond donors (Lipinski definition) is 1. The zero-order valence-electron chi connectivity index (χ0n) is 9.69. The number of halogens is 2. The fourth-order valence-corrected chi connectivity index (χ4v) is 3.06. The third kappa shape index (κ3) is 1.87. The van der Waals surface area contributed by atoms with Gasteiger partial charge in [0.15, 0.2) is 0 Å². The highest BCUT2D eigenvalue weighted by atomic mass is 79.9. The highest BCUT2D eigenvalue weighted by molar-refractivity contribution is 9.10. The van der Waals surface area contributed by atoms with Crippen molar-refractivity contribution in [1.29, 1.82) is 0 Å². The highest BCUT2D eigenvalue weighted by Gasteiger charge is 2.30. The Morgan fingerprint density at radius 3 is 2.68 bits per heavy atom. The first-order valence-electron chi connectivity index (χ1n) is 5.77. The molecule has 0 bridgehead atoms. The zero-order chi connectivity index (χ0) is 13.7. The topological polar surface area (TPSA) is 59.3 Å². The van der Waals surface area contributed by atoms with Crippen LogP contribution in [0.1, 0.15) is 29.2 Å². The van der Waals surface area contributed by atoms with Crippen LogP contribution in [0.2, 0.25) is 0 Å². The van der Waals surface area contributed by atoms with E-state index in [9.17, 15) is 14.0 Å². The lowest BCUT2D eigenvalue weighted by Gasteiger charge is -2.14. The Bertz CT molecular complexity index is 765. The molecule has 1 aromatic heterocycles. The van der Waals surface area contributed by atoms with E-state index < -0.39 is 17.2 Å². The summed E-state index contributed by atoms with van der Waals surface area (Å²) in [5.41, 5.74) is -0.443. The van der Waals surface area contributed by atoms with Crippen LogP contribution in [0.3, 0.4) is 0 Å². The molecule has 4 nitrogen and oxygen atoms in total. The first-order valence-corrected chi connectivity index (χ1v) is 6.56. The molecule has 98 valence electrons. The van der Waals surface area contributed by atoms with Gasteiger partial charge >= 0.3 is 5.97 Å². The minimum Gasteiger partial charge on any atom is -0.477 e. The Morgan fingerprint density at radius 2 is 2.11 bits per heavy atom. The van der Waals surface area contributed by atoms with Crippen molar-refractivity contribution in [2.24, 2.45) is 0 Å². The lowest BCUT2D eigenvalue weighted by molar-refractivity contribution is 0.0693. The fraction of sp³-hybridized carbons (Fsp3) is 0.231. The van der Waals surface area contributed by atoms with Crippen LogP contribution in [-0.2, 0) is 0 Å². The fourth-order valence-electron chi connectivity index (χ4n) is 2.23. The lowest BCUT2D eigenvalue weighted by atomic mass is 10.1. The summed E-state index contributed by atoms with van der Waals surface area (Å²) in [6.45, 7) is 0. The van der Waals surface area contributed by atoms with Gasteiger partial charge in [0.25, 0.3) is 0 Å². The molecule has 1 aromatic carbocycles. The Hall–Kier alpha value is -1.69. The van der Waals surface area contributed by atoms with E-state index >= 15 is 0 Å². The maximum atomic E-state index is 13.3. The van der Waals surface area contributed by atoms with Crippen LogP contribution in [0, 0.1) is 5.82 Å². The van der Waals surface area contributed by atoms with Gasteiger partial charge in [0.05, 0.1) is 5.52 Å². The maximum absolute atomic E-state index is 13.3. The van der Waals surface area contributed by atoms with Gasteiger partial charge in [-0.3, -0.25) is 4.79 Å². The average Bonchev–Trinajstić information content (AvgIpc) is 3.14. The summed E-state index contributed by atoms with van der Waals surface area (Å²) in [4.78, 5) is 23.4. The normalized spacial score (nSPS) is 14.8.